The van der Waals surface area contributed by atoms with E-state index in [2.05, 4.69) is 0 Å². The summed E-state index contributed by atoms with van der Waals surface area (Å²) in [6.07, 6.45) is 2.09. The minimum Gasteiger partial charge on any atom is -0.480 e. The van der Waals surface area contributed by atoms with Crippen molar-refractivity contribution in [2.45, 2.75) is 50.9 Å². The number of carboxylic acids is 1. The van der Waals surface area contributed by atoms with Gasteiger partial charge in [-0.25, -0.2) is 9.59 Å². The average molecular weight is 300 g/mol. The Bertz CT molecular complexity index is 390. The molecule has 2 fully saturated rings. The van der Waals surface area contributed by atoms with Crippen molar-refractivity contribution in [3.05, 3.63) is 0 Å². The summed E-state index contributed by atoms with van der Waals surface area (Å²) >= 11 is 0. The fourth-order valence-electron chi connectivity index (χ4n) is 2.97. The molecule has 0 aliphatic carbocycles. The summed E-state index contributed by atoms with van der Waals surface area (Å²) in [5, 5.41) is 18.8. The van der Waals surface area contributed by atoms with Crippen molar-refractivity contribution in [1.82, 2.24) is 9.80 Å². The third kappa shape index (κ3) is 3.85. The van der Waals surface area contributed by atoms with Crippen molar-refractivity contribution >= 4 is 12.0 Å². The number of nitrogens with zero attached hydrogens (tertiary/aromatic N) is 2. The molecule has 2 rings (SSSR count). The number of urea groups is 1. The number of aliphatic hydroxyl groups excluding tert-OH is 1. The number of rotatable bonds is 4. The van der Waals surface area contributed by atoms with Crippen molar-refractivity contribution < 1.29 is 24.5 Å². The molecule has 0 aromatic heterocycles. The van der Waals surface area contributed by atoms with Gasteiger partial charge < -0.3 is 24.7 Å². The zero-order valence-corrected chi connectivity index (χ0v) is 12.4. The van der Waals surface area contributed by atoms with E-state index in [0.717, 1.165) is 19.3 Å². The van der Waals surface area contributed by atoms with Crippen LogP contribution in [0.4, 0.5) is 4.79 Å². The second-order valence-electron chi connectivity index (χ2n) is 5.76. The van der Waals surface area contributed by atoms with Crippen LogP contribution in [-0.4, -0.2) is 76.5 Å². The van der Waals surface area contributed by atoms with Crippen LogP contribution in [0.2, 0.25) is 0 Å². The highest BCUT2D eigenvalue weighted by atomic mass is 16.5. The number of amides is 2. The summed E-state index contributed by atoms with van der Waals surface area (Å²) in [6, 6.07) is -1.23. The third-order valence-corrected chi connectivity index (χ3v) is 4.02. The number of carbonyl (C=O) groups excluding carboxylic acids is 1. The van der Waals surface area contributed by atoms with Crippen molar-refractivity contribution in [3.8, 4) is 0 Å². The standard InChI is InChI=1S/C14H24N2O5/c1-2-6-21-11-4-3-5-15(9-11)14(20)16-8-10(17)7-12(16)13(18)19/h10-12,17H,2-9H2,1H3,(H,18,19)/t10-,11?,12-/m1/s1. The third-order valence-electron chi connectivity index (χ3n) is 4.02. The van der Waals surface area contributed by atoms with Crippen LogP contribution in [0.1, 0.15) is 32.6 Å². The van der Waals surface area contributed by atoms with E-state index in [1.165, 1.54) is 4.90 Å². The molecule has 0 spiro atoms. The minimum absolute atomic E-state index is 0.0263. The number of hydrogen-bond acceptors (Lipinski definition) is 4. The Morgan fingerprint density at radius 3 is 2.76 bits per heavy atom. The SMILES string of the molecule is CCCOC1CCCN(C(=O)N2C[C@H](O)C[C@@H]2C(=O)O)C1. The van der Waals surface area contributed by atoms with E-state index in [0.29, 0.717) is 19.7 Å². The van der Waals surface area contributed by atoms with Crippen LogP contribution in [0.3, 0.4) is 0 Å². The number of carbonyl (C=O) groups is 2. The molecule has 2 amide bonds. The van der Waals surface area contributed by atoms with Crippen LogP contribution in [-0.2, 0) is 9.53 Å². The zero-order chi connectivity index (χ0) is 15.4. The first-order chi connectivity index (χ1) is 10.0. The minimum atomic E-state index is -1.06. The Hall–Kier alpha value is -1.34. The summed E-state index contributed by atoms with van der Waals surface area (Å²) in [4.78, 5) is 26.6. The molecule has 2 saturated heterocycles. The number of aliphatic hydroxyl groups is 1. The van der Waals surface area contributed by atoms with E-state index in [1.807, 2.05) is 6.92 Å². The number of ether oxygens (including phenoxy) is 1. The number of aliphatic carboxylic acids is 1. The largest absolute Gasteiger partial charge is 0.480 e. The molecule has 1 unspecified atom stereocenters. The second-order valence-corrected chi connectivity index (χ2v) is 5.76. The highest BCUT2D eigenvalue weighted by molar-refractivity contribution is 5.83. The molecule has 2 aliphatic rings. The Morgan fingerprint density at radius 2 is 2.10 bits per heavy atom. The fourth-order valence-corrected chi connectivity index (χ4v) is 2.97. The molecule has 0 aromatic carbocycles. The van der Waals surface area contributed by atoms with E-state index in [9.17, 15) is 14.7 Å². The maximum atomic E-state index is 12.5. The van der Waals surface area contributed by atoms with Gasteiger partial charge in [0, 0.05) is 32.7 Å². The summed E-state index contributed by atoms with van der Waals surface area (Å²) in [5.41, 5.74) is 0. The quantitative estimate of drug-likeness (QED) is 0.790. The van der Waals surface area contributed by atoms with Crippen molar-refractivity contribution in [2.24, 2.45) is 0 Å². The highest BCUT2D eigenvalue weighted by Crippen LogP contribution is 2.22. The maximum Gasteiger partial charge on any atom is 0.326 e. The molecule has 3 atom stereocenters. The summed E-state index contributed by atoms with van der Waals surface area (Å²) in [7, 11) is 0. The lowest BCUT2D eigenvalue weighted by Gasteiger charge is -2.36. The number of carboxylic acid groups (broad SMARTS) is 1. The first-order valence-electron chi connectivity index (χ1n) is 7.61. The molecule has 7 nitrogen and oxygen atoms in total. The van der Waals surface area contributed by atoms with Gasteiger partial charge in [0.15, 0.2) is 0 Å². The molecular weight excluding hydrogens is 276 g/mol. The van der Waals surface area contributed by atoms with Gasteiger partial charge in [-0.15, -0.1) is 0 Å². The molecular formula is C14H24N2O5. The monoisotopic (exact) mass is 300 g/mol. The fraction of sp³-hybridized carbons (Fsp3) is 0.857. The number of hydrogen-bond donors (Lipinski definition) is 2. The average Bonchev–Trinajstić information content (AvgIpc) is 2.87. The van der Waals surface area contributed by atoms with E-state index in [-0.39, 0.29) is 25.1 Å². The molecule has 7 heteroatoms. The van der Waals surface area contributed by atoms with Gasteiger partial charge in [0.05, 0.1) is 12.2 Å². The molecule has 2 heterocycles. The van der Waals surface area contributed by atoms with E-state index in [4.69, 9.17) is 9.84 Å². The van der Waals surface area contributed by atoms with Gasteiger partial charge in [-0.2, -0.15) is 0 Å². The predicted octanol–water partition coefficient (Wildman–Crippen LogP) is 0.517. The van der Waals surface area contributed by atoms with Crippen LogP contribution in [0, 0.1) is 0 Å². The normalized spacial score (nSPS) is 29.7. The van der Waals surface area contributed by atoms with Crippen LogP contribution >= 0.6 is 0 Å². The van der Waals surface area contributed by atoms with Crippen LogP contribution < -0.4 is 0 Å². The first-order valence-corrected chi connectivity index (χ1v) is 7.61. The zero-order valence-electron chi connectivity index (χ0n) is 12.4. The van der Waals surface area contributed by atoms with Crippen molar-refractivity contribution in [2.75, 3.05) is 26.2 Å². The van der Waals surface area contributed by atoms with E-state index >= 15 is 0 Å². The number of likely N-dealkylation sites (tertiary alicyclic amines) is 2. The summed E-state index contributed by atoms with van der Waals surface area (Å²) in [5.74, 6) is -1.06. The van der Waals surface area contributed by atoms with Crippen LogP contribution in [0.25, 0.3) is 0 Å². The second kappa shape index (κ2) is 7.09. The lowest BCUT2D eigenvalue weighted by molar-refractivity contribution is -0.141. The van der Waals surface area contributed by atoms with Gasteiger partial charge in [0.2, 0.25) is 0 Å². The Balaban J connectivity index is 1.96. The summed E-state index contributed by atoms with van der Waals surface area (Å²) in [6.45, 7) is 3.91. The lowest BCUT2D eigenvalue weighted by atomic mass is 10.1. The van der Waals surface area contributed by atoms with Gasteiger partial charge >= 0.3 is 12.0 Å². The maximum absolute atomic E-state index is 12.5. The van der Waals surface area contributed by atoms with Crippen molar-refractivity contribution in [3.63, 3.8) is 0 Å². The van der Waals surface area contributed by atoms with Crippen molar-refractivity contribution in [1.29, 1.82) is 0 Å². The highest BCUT2D eigenvalue weighted by Gasteiger charge is 2.41. The molecule has 2 aliphatic heterocycles. The van der Waals surface area contributed by atoms with Gasteiger partial charge in [-0.3, -0.25) is 0 Å². The lowest BCUT2D eigenvalue weighted by Crippen LogP contribution is -2.52. The van der Waals surface area contributed by atoms with Gasteiger partial charge in [0.25, 0.3) is 0 Å². The van der Waals surface area contributed by atoms with E-state index < -0.39 is 18.1 Å². The molecule has 0 aromatic rings. The van der Waals surface area contributed by atoms with E-state index in [1.54, 1.807) is 4.90 Å². The van der Waals surface area contributed by atoms with Gasteiger partial charge in [-0.1, -0.05) is 6.92 Å². The Morgan fingerprint density at radius 1 is 1.33 bits per heavy atom. The molecule has 2 N–H and O–H groups in total. The smallest absolute Gasteiger partial charge is 0.326 e. The summed E-state index contributed by atoms with van der Waals surface area (Å²) < 4.78 is 5.69. The van der Waals surface area contributed by atoms with Gasteiger partial charge in [-0.05, 0) is 19.3 Å². The molecule has 120 valence electrons. The number of piperidine rings is 1. The molecule has 0 saturated carbocycles. The topological polar surface area (TPSA) is 90.3 Å². The molecule has 21 heavy (non-hydrogen) atoms. The van der Waals surface area contributed by atoms with Gasteiger partial charge in [0.1, 0.15) is 6.04 Å². The number of β-amino-alcohol motifs (C(OH)–C–C–N with tert-alkyl or cyclic N) is 1. The Kier molecular flexibility index (Phi) is 5.41. The predicted molar refractivity (Wildman–Crippen MR) is 75.0 cm³/mol. The van der Waals surface area contributed by atoms with Crippen LogP contribution in [0.15, 0.2) is 0 Å². The Labute approximate surface area is 124 Å². The molecule has 0 bridgehead atoms. The molecule has 0 radical (unpaired) electrons. The van der Waals surface area contributed by atoms with Crippen LogP contribution in [0.5, 0.6) is 0 Å². The first kappa shape index (κ1) is 16.0.